The van der Waals surface area contributed by atoms with Gasteiger partial charge >= 0.3 is 0 Å². The fourth-order valence-electron chi connectivity index (χ4n) is 2.32. The van der Waals surface area contributed by atoms with E-state index in [2.05, 4.69) is 6.92 Å². The molecule has 1 saturated heterocycles. The summed E-state index contributed by atoms with van der Waals surface area (Å²) in [6, 6.07) is 6.42. The van der Waals surface area contributed by atoms with E-state index in [-0.39, 0.29) is 23.6 Å². The molecular formula is C14H19FN2O. The zero-order valence-electron chi connectivity index (χ0n) is 10.7. The van der Waals surface area contributed by atoms with Gasteiger partial charge in [0.15, 0.2) is 0 Å². The average Bonchev–Trinajstić information content (AvgIpc) is 2.76. The monoisotopic (exact) mass is 250 g/mol. The maximum absolute atomic E-state index is 13.5. The highest BCUT2D eigenvalue weighted by molar-refractivity contribution is 5.79. The summed E-state index contributed by atoms with van der Waals surface area (Å²) in [6.45, 7) is 4.07. The molecule has 1 aliphatic heterocycles. The minimum absolute atomic E-state index is 0.0164. The Bertz CT molecular complexity index is 449. The lowest BCUT2D eigenvalue weighted by molar-refractivity contribution is -0.129. The smallest absolute Gasteiger partial charge is 0.227 e. The molecule has 1 unspecified atom stereocenters. The van der Waals surface area contributed by atoms with Crippen LogP contribution in [0.25, 0.3) is 0 Å². The zero-order chi connectivity index (χ0) is 13.2. The highest BCUT2D eigenvalue weighted by atomic mass is 19.1. The lowest BCUT2D eigenvalue weighted by atomic mass is 9.90. The Morgan fingerprint density at radius 1 is 1.50 bits per heavy atom. The Labute approximate surface area is 107 Å². The molecule has 1 atom stereocenters. The summed E-state index contributed by atoms with van der Waals surface area (Å²) >= 11 is 0. The van der Waals surface area contributed by atoms with Gasteiger partial charge in [0.25, 0.3) is 0 Å². The number of nitrogens with zero attached hydrogens (tertiary/aromatic N) is 1. The van der Waals surface area contributed by atoms with E-state index in [0.717, 1.165) is 13.0 Å². The van der Waals surface area contributed by atoms with Crippen LogP contribution in [0.5, 0.6) is 0 Å². The minimum Gasteiger partial charge on any atom is -0.342 e. The van der Waals surface area contributed by atoms with Crippen LogP contribution >= 0.6 is 0 Å². The van der Waals surface area contributed by atoms with Crippen LogP contribution in [0, 0.1) is 11.2 Å². The van der Waals surface area contributed by atoms with Crippen molar-refractivity contribution in [3.63, 3.8) is 0 Å². The molecular weight excluding hydrogens is 231 g/mol. The number of amides is 1. The third-order valence-corrected chi connectivity index (χ3v) is 3.70. The number of carbonyl (C=O) groups is 1. The first-order valence-corrected chi connectivity index (χ1v) is 6.25. The van der Waals surface area contributed by atoms with Crippen molar-refractivity contribution in [1.82, 2.24) is 4.90 Å². The fourth-order valence-corrected chi connectivity index (χ4v) is 2.32. The molecule has 4 heteroatoms. The topological polar surface area (TPSA) is 46.3 Å². The summed E-state index contributed by atoms with van der Waals surface area (Å²) in [5, 5.41) is 0. The Balaban J connectivity index is 2.00. The molecule has 0 aromatic heterocycles. The molecule has 2 N–H and O–H groups in total. The minimum atomic E-state index is -0.313. The summed E-state index contributed by atoms with van der Waals surface area (Å²) in [4.78, 5) is 13.9. The van der Waals surface area contributed by atoms with Crippen molar-refractivity contribution in [2.75, 3.05) is 19.6 Å². The summed E-state index contributed by atoms with van der Waals surface area (Å²) in [7, 11) is 0. The molecule has 1 aromatic carbocycles. The van der Waals surface area contributed by atoms with Crippen LogP contribution in [0.2, 0.25) is 0 Å². The largest absolute Gasteiger partial charge is 0.342 e. The van der Waals surface area contributed by atoms with Crippen LogP contribution in [-0.2, 0) is 11.2 Å². The van der Waals surface area contributed by atoms with Gasteiger partial charge in [0.05, 0.1) is 6.42 Å². The molecule has 0 radical (unpaired) electrons. The van der Waals surface area contributed by atoms with E-state index in [1.54, 1.807) is 23.1 Å². The first-order chi connectivity index (χ1) is 8.54. The van der Waals surface area contributed by atoms with E-state index in [0.29, 0.717) is 18.7 Å². The summed E-state index contributed by atoms with van der Waals surface area (Å²) in [5.41, 5.74) is 6.19. The number of nitrogens with two attached hydrogens (primary N) is 1. The zero-order valence-corrected chi connectivity index (χ0v) is 10.7. The molecule has 2 rings (SSSR count). The molecule has 0 aliphatic carbocycles. The summed E-state index contributed by atoms with van der Waals surface area (Å²) < 4.78 is 13.5. The van der Waals surface area contributed by atoms with Crippen LogP contribution in [0.1, 0.15) is 18.9 Å². The molecule has 1 amide bonds. The molecule has 1 aromatic rings. The van der Waals surface area contributed by atoms with Crippen molar-refractivity contribution in [1.29, 1.82) is 0 Å². The molecule has 0 spiro atoms. The van der Waals surface area contributed by atoms with E-state index >= 15 is 0 Å². The highest BCUT2D eigenvalue weighted by Crippen LogP contribution is 2.28. The number of rotatable bonds is 3. The molecule has 0 saturated carbocycles. The molecule has 1 heterocycles. The van der Waals surface area contributed by atoms with E-state index in [1.807, 2.05) is 0 Å². The SMILES string of the molecule is CC1(CN)CCN(C(=O)Cc2ccccc2F)C1. The van der Waals surface area contributed by atoms with Gasteiger partial charge in [-0.3, -0.25) is 4.79 Å². The Kier molecular flexibility index (Phi) is 3.66. The van der Waals surface area contributed by atoms with E-state index < -0.39 is 0 Å². The van der Waals surface area contributed by atoms with Crippen molar-refractivity contribution in [3.05, 3.63) is 35.6 Å². The quantitative estimate of drug-likeness (QED) is 0.885. The van der Waals surface area contributed by atoms with Gasteiger partial charge in [-0.15, -0.1) is 0 Å². The van der Waals surface area contributed by atoms with Gasteiger partial charge in [0, 0.05) is 13.1 Å². The first kappa shape index (κ1) is 13.0. The number of hydrogen-bond donors (Lipinski definition) is 1. The normalized spacial score (nSPS) is 23.4. The first-order valence-electron chi connectivity index (χ1n) is 6.25. The summed E-state index contributed by atoms with van der Waals surface area (Å²) in [6.07, 6.45) is 1.06. The Morgan fingerprint density at radius 3 is 2.83 bits per heavy atom. The standard InChI is InChI=1S/C14H19FN2O/c1-14(9-16)6-7-17(10-14)13(18)8-11-4-2-3-5-12(11)15/h2-5H,6-10,16H2,1H3. The molecule has 1 fully saturated rings. The van der Waals surface area contributed by atoms with Crippen molar-refractivity contribution >= 4 is 5.91 Å². The lowest BCUT2D eigenvalue weighted by Crippen LogP contribution is -2.35. The van der Waals surface area contributed by atoms with E-state index in [4.69, 9.17) is 5.73 Å². The van der Waals surface area contributed by atoms with Crippen LogP contribution in [0.3, 0.4) is 0 Å². The highest BCUT2D eigenvalue weighted by Gasteiger charge is 2.34. The van der Waals surface area contributed by atoms with Crippen LogP contribution in [0.15, 0.2) is 24.3 Å². The number of hydrogen-bond acceptors (Lipinski definition) is 2. The summed E-state index contributed by atoms with van der Waals surface area (Å²) in [5.74, 6) is -0.330. The van der Waals surface area contributed by atoms with Crippen LogP contribution in [0.4, 0.5) is 4.39 Å². The molecule has 1 aliphatic rings. The van der Waals surface area contributed by atoms with Crippen molar-refractivity contribution < 1.29 is 9.18 Å². The molecule has 18 heavy (non-hydrogen) atoms. The van der Waals surface area contributed by atoms with Gasteiger partial charge < -0.3 is 10.6 Å². The number of likely N-dealkylation sites (tertiary alicyclic amines) is 1. The molecule has 0 bridgehead atoms. The number of halogens is 1. The second-order valence-electron chi connectivity index (χ2n) is 5.35. The van der Waals surface area contributed by atoms with Gasteiger partial charge in [-0.25, -0.2) is 4.39 Å². The maximum Gasteiger partial charge on any atom is 0.227 e. The van der Waals surface area contributed by atoms with Crippen molar-refractivity contribution in [2.24, 2.45) is 11.1 Å². The van der Waals surface area contributed by atoms with Gasteiger partial charge in [0.1, 0.15) is 5.82 Å². The lowest BCUT2D eigenvalue weighted by Gasteiger charge is -2.22. The third kappa shape index (κ3) is 2.70. The maximum atomic E-state index is 13.5. The van der Waals surface area contributed by atoms with Gasteiger partial charge in [0.2, 0.25) is 5.91 Å². The van der Waals surface area contributed by atoms with Crippen molar-refractivity contribution in [3.8, 4) is 0 Å². The van der Waals surface area contributed by atoms with Gasteiger partial charge in [-0.2, -0.15) is 0 Å². The van der Waals surface area contributed by atoms with E-state index in [1.165, 1.54) is 6.07 Å². The van der Waals surface area contributed by atoms with E-state index in [9.17, 15) is 9.18 Å². The second kappa shape index (κ2) is 5.06. The van der Waals surface area contributed by atoms with Crippen molar-refractivity contribution in [2.45, 2.75) is 19.8 Å². The van der Waals surface area contributed by atoms with Crippen LogP contribution < -0.4 is 5.73 Å². The third-order valence-electron chi connectivity index (χ3n) is 3.70. The average molecular weight is 250 g/mol. The fraction of sp³-hybridized carbons (Fsp3) is 0.500. The predicted octanol–water partition coefficient (Wildman–Crippen LogP) is 1.57. The Morgan fingerprint density at radius 2 is 2.22 bits per heavy atom. The van der Waals surface area contributed by atoms with Crippen LogP contribution in [-0.4, -0.2) is 30.4 Å². The van der Waals surface area contributed by atoms with Gasteiger partial charge in [-0.05, 0) is 30.0 Å². The molecule has 3 nitrogen and oxygen atoms in total. The predicted molar refractivity (Wildman–Crippen MR) is 68.5 cm³/mol. The second-order valence-corrected chi connectivity index (χ2v) is 5.35. The Hall–Kier alpha value is -1.42. The number of carbonyl (C=O) groups excluding carboxylic acids is 1. The van der Waals surface area contributed by atoms with Gasteiger partial charge in [-0.1, -0.05) is 25.1 Å². The number of benzene rings is 1. The molecule has 98 valence electrons.